The topological polar surface area (TPSA) is 65.0 Å². The van der Waals surface area contributed by atoms with Crippen LogP contribution in [0.4, 0.5) is 8.78 Å². The van der Waals surface area contributed by atoms with E-state index in [4.69, 9.17) is 19.3 Å². The fraction of sp³-hybridized carbons (Fsp3) is 0.458. The van der Waals surface area contributed by atoms with Crippen molar-refractivity contribution in [2.75, 3.05) is 19.8 Å². The number of carboxylic acids is 1. The monoisotopic (exact) mass is 432 g/mol. The normalized spacial score (nSPS) is 24.9. The molecule has 166 valence electrons. The van der Waals surface area contributed by atoms with E-state index in [1.165, 1.54) is 12.1 Å². The number of fused-ring (bicyclic) bond motifs is 3. The standard InChI is InChI=1S/C24H26F2O5/c1-16-2-4-18(13-20(16)26)31-21-12-17(3-5-19(21)25)23-6-8-24(9-7-23,30-15-23)10-11-29-14-22(27)28/h2-5,12-13H,6-11,14-15H2,1H3,(H,27,28). The maximum Gasteiger partial charge on any atom is 0.329 e. The average molecular weight is 432 g/mol. The van der Waals surface area contributed by atoms with Gasteiger partial charge in [0.05, 0.1) is 18.8 Å². The summed E-state index contributed by atoms with van der Waals surface area (Å²) in [7, 11) is 0. The molecule has 3 fully saturated rings. The molecule has 0 unspecified atom stereocenters. The quantitative estimate of drug-likeness (QED) is 0.586. The molecule has 2 aromatic carbocycles. The molecule has 2 aliphatic heterocycles. The van der Waals surface area contributed by atoms with Crippen LogP contribution >= 0.6 is 0 Å². The Hall–Kier alpha value is -2.51. The number of aliphatic carboxylic acids is 1. The number of rotatable bonds is 8. The zero-order valence-corrected chi connectivity index (χ0v) is 17.5. The molecule has 2 aromatic rings. The van der Waals surface area contributed by atoms with Crippen LogP contribution in [0.5, 0.6) is 11.5 Å². The van der Waals surface area contributed by atoms with E-state index >= 15 is 0 Å². The number of aryl methyl sites for hydroxylation is 1. The van der Waals surface area contributed by atoms with Gasteiger partial charge in [-0.2, -0.15) is 0 Å². The second kappa shape index (κ2) is 8.55. The number of carboxylic acid groups (broad SMARTS) is 1. The van der Waals surface area contributed by atoms with Crippen molar-refractivity contribution in [1.82, 2.24) is 0 Å². The first-order chi connectivity index (χ1) is 14.8. The van der Waals surface area contributed by atoms with Crippen LogP contribution in [0.1, 0.15) is 43.2 Å². The highest BCUT2D eigenvalue weighted by molar-refractivity contribution is 5.67. The molecule has 1 aliphatic carbocycles. The van der Waals surface area contributed by atoms with Crippen LogP contribution in [-0.2, 0) is 19.7 Å². The van der Waals surface area contributed by atoms with Crippen LogP contribution in [-0.4, -0.2) is 36.5 Å². The number of halogens is 2. The molecule has 2 heterocycles. The Morgan fingerprint density at radius 2 is 1.87 bits per heavy atom. The molecule has 2 saturated heterocycles. The second-order valence-corrected chi connectivity index (χ2v) is 8.61. The van der Waals surface area contributed by atoms with Gasteiger partial charge in [-0.1, -0.05) is 12.1 Å². The predicted molar refractivity (Wildman–Crippen MR) is 110 cm³/mol. The predicted octanol–water partition coefficient (Wildman–Crippen LogP) is 5.14. The van der Waals surface area contributed by atoms with Crippen LogP contribution in [0.15, 0.2) is 36.4 Å². The number of benzene rings is 2. The molecule has 0 amide bonds. The Bertz CT molecular complexity index is 950. The van der Waals surface area contributed by atoms with E-state index in [2.05, 4.69) is 0 Å². The van der Waals surface area contributed by atoms with E-state index in [0.717, 1.165) is 31.2 Å². The fourth-order valence-corrected chi connectivity index (χ4v) is 4.55. The van der Waals surface area contributed by atoms with Crippen molar-refractivity contribution in [2.24, 2.45) is 0 Å². The summed E-state index contributed by atoms with van der Waals surface area (Å²) >= 11 is 0. The Balaban J connectivity index is 1.45. The van der Waals surface area contributed by atoms with Gasteiger partial charge in [0, 0.05) is 11.5 Å². The molecule has 5 nitrogen and oxygen atoms in total. The zero-order chi connectivity index (χ0) is 22.1. The largest absolute Gasteiger partial charge is 0.480 e. The minimum atomic E-state index is -0.979. The van der Waals surface area contributed by atoms with Gasteiger partial charge in [-0.15, -0.1) is 0 Å². The molecular formula is C24H26F2O5. The maximum absolute atomic E-state index is 14.4. The van der Waals surface area contributed by atoms with Crippen molar-refractivity contribution in [3.63, 3.8) is 0 Å². The summed E-state index contributed by atoms with van der Waals surface area (Å²) in [6.45, 7) is 2.21. The highest BCUT2D eigenvalue weighted by Gasteiger charge is 2.50. The summed E-state index contributed by atoms with van der Waals surface area (Å²) in [5.41, 5.74) is 0.957. The Morgan fingerprint density at radius 3 is 2.52 bits per heavy atom. The molecule has 0 spiro atoms. The lowest BCUT2D eigenvalue weighted by atomic mass is 9.62. The van der Waals surface area contributed by atoms with Crippen LogP contribution in [0.25, 0.3) is 0 Å². The van der Waals surface area contributed by atoms with Crippen molar-refractivity contribution >= 4 is 5.97 Å². The Kier molecular flexibility index (Phi) is 5.99. The molecule has 3 aliphatic rings. The lowest BCUT2D eigenvalue weighted by Gasteiger charge is -2.53. The third-order valence-electron chi connectivity index (χ3n) is 6.62. The first-order valence-corrected chi connectivity index (χ1v) is 10.5. The van der Waals surface area contributed by atoms with E-state index in [9.17, 15) is 13.6 Å². The van der Waals surface area contributed by atoms with Crippen LogP contribution in [0.2, 0.25) is 0 Å². The minimum absolute atomic E-state index is 0.0691. The summed E-state index contributed by atoms with van der Waals surface area (Å²) in [6, 6.07) is 9.33. The Labute approximate surface area is 179 Å². The summed E-state index contributed by atoms with van der Waals surface area (Å²) in [6.07, 6.45) is 4.10. The average Bonchev–Trinajstić information content (AvgIpc) is 2.76. The van der Waals surface area contributed by atoms with Gasteiger partial charge in [-0.25, -0.2) is 13.6 Å². The van der Waals surface area contributed by atoms with Crippen LogP contribution in [0.3, 0.4) is 0 Å². The number of carbonyl (C=O) groups is 1. The molecule has 5 rings (SSSR count). The van der Waals surface area contributed by atoms with Gasteiger partial charge in [0.1, 0.15) is 18.2 Å². The lowest BCUT2D eigenvalue weighted by Crippen LogP contribution is -2.53. The number of ether oxygens (including phenoxy) is 3. The zero-order valence-electron chi connectivity index (χ0n) is 17.5. The van der Waals surface area contributed by atoms with Gasteiger partial charge < -0.3 is 19.3 Å². The van der Waals surface area contributed by atoms with E-state index < -0.39 is 17.6 Å². The van der Waals surface area contributed by atoms with E-state index in [-0.39, 0.29) is 29.1 Å². The first-order valence-electron chi connectivity index (χ1n) is 10.5. The summed E-state index contributed by atoms with van der Waals surface area (Å²) in [5.74, 6) is -1.56. The molecular weight excluding hydrogens is 406 g/mol. The van der Waals surface area contributed by atoms with Crippen LogP contribution in [0, 0.1) is 18.6 Å². The molecule has 0 radical (unpaired) electrons. The SMILES string of the molecule is Cc1ccc(Oc2cc(C34CCC(CCOCC(=O)O)(CC3)OC4)ccc2F)cc1F. The molecule has 31 heavy (non-hydrogen) atoms. The fourth-order valence-electron chi connectivity index (χ4n) is 4.55. The van der Waals surface area contributed by atoms with Gasteiger partial charge in [0.2, 0.25) is 0 Å². The summed E-state index contributed by atoms with van der Waals surface area (Å²) < 4.78 is 45.3. The summed E-state index contributed by atoms with van der Waals surface area (Å²) in [5, 5.41) is 8.69. The molecule has 2 bridgehead atoms. The van der Waals surface area contributed by atoms with Crippen molar-refractivity contribution in [3.8, 4) is 11.5 Å². The Morgan fingerprint density at radius 1 is 1.10 bits per heavy atom. The maximum atomic E-state index is 14.4. The van der Waals surface area contributed by atoms with Gasteiger partial charge in [-0.05, 0) is 68.4 Å². The van der Waals surface area contributed by atoms with Gasteiger partial charge in [0.15, 0.2) is 11.6 Å². The van der Waals surface area contributed by atoms with E-state index in [1.54, 1.807) is 31.2 Å². The van der Waals surface area contributed by atoms with Gasteiger partial charge >= 0.3 is 5.97 Å². The van der Waals surface area contributed by atoms with E-state index in [1.807, 2.05) is 0 Å². The number of hydrogen-bond donors (Lipinski definition) is 1. The highest BCUT2D eigenvalue weighted by atomic mass is 19.1. The van der Waals surface area contributed by atoms with Crippen molar-refractivity contribution in [1.29, 1.82) is 0 Å². The van der Waals surface area contributed by atoms with Gasteiger partial charge in [0.25, 0.3) is 0 Å². The number of hydrogen-bond acceptors (Lipinski definition) is 4. The third kappa shape index (κ3) is 4.57. The first kappa shape index (κ1) is 21.7. The van der Waals surface area contributed by atoms with Crippen LogP contribution < -0.4 is 4.74 Å². The molecule has 1 N–H and O–H groups in total. The smallest absolute Gasteiger partial charge is 0.329 e. The second-order valence-electron chi connectivity index (χ2n) is 8.61. The molecule has 0 atom stereocenters. The summed E-state index contributed by atoms with van der Waals surface area (Å²) in [4.78, 5) is 10.6. The van der Waals surface area contributed by atoms with Crippen molar-refractivity contribution in [2.45, 2.75) is 50.0 Å². The van der Waals surface area contributed by atoms with E-state index in [0.29, 0.717) is 25.2 Å². The third-order valence-corrected chi connectivity index (χ3v) is 6.62. The minimum Gasteiger partial charge on any atom is -0.480 e. The highest BCUT2D eigenvalue weighted by Crippen LogP contribution is 2.52. The molecule has 0 aromatic heterocycles. The molecule has 1 saturated carbocycles. The van der Waals surface area contributed by atoms with Crippen molar-refractivity contribution < 1.29 is 32.9 Å². The van der Waals surface area contributed by atoms with Crippen molar-refractivity contribution in [3.05, 3.63) is 59.2 Å². The lowest BCUT2D eigenvalue weighted by molar-refractivity contribution is -0.168. The van der Waals surface area contributed by atoms with Gasteiger partial charge in [-0.3, -0.25) is 0 Å². The molecule has 7 heteroatoms.